The molecule has 1 aliphatic carbocycles. The van der Waals surface area contributed by atoms with E-state index in [4.69, 9.17) is 9.97 Å². The van der Waals surface area contributed by atoms with E-state index in [2.05, 4.69) is 37.7 Å². The molecule has 5 aromatic rings. The molecule has 56 heavy (non-hydrogen) atoms. The van der Waals surface area contributed by atoms with Crippen molar-refractivity contribution in [2.75, 3.05) is 0 Å². The van der Waals surface area contributed by atoms with E-state index in [1.165, 1.54) is 0 Å². The van der Waals surface area contributed by atoms with Crippen LogP contribution in [-0.4, -0.2) is 40.4 Å². The fourth-order valence-corrected chi connectivity index (χ4v) is 8.48. The van der Waals surface area contributed by atoms with Gasteiger partial charge in [0.25, 0.3) is 0 Å². The van der Waals surface area contributed by atoms with Gasteiger partial charge in [-0.3, -0.25) is 0 Å². The molecule has 9 rings (SSSR count). The third kappa shape index (κ3) is 5.68. The summed E-state index contributed by atoms with van der Waals surface area (Å²) in [4.78, 5) is 18.4. The second-order valence-corrected chi connectivity index (χ2v) is 15.9. The molecule has 8 bridgehead atoms. The highest BCUT2D eigenvalue weighted by molar-refractivity contribution is 5.96. The van der Waals surface area contributed by atoms with Gasteiger partial charge in [0.05, 0.1) is 22.8 Å². The number of hydrogen-bond donors (Lipinski definition) is 6. The Balaban J connectivity index is 1.52. The normalized spacial score (nSPS) is 17.1. The summed E-state index contributed by atoms with van der Waals surface area (Å²) in [7, 11) is 0. The molecule has 4 aliphatic rings. The first-order valence-corrected chi connectivity index (χ1v) is 18.8. The molecule has 1 unspecified atom stereocenters. The Morgan fingerprint density at radius 1 is 0.536 bits per heavy atom. The van der Waals surface area contributed by atoms with Gasteiger partial charge in [0, 0.05) is 61.4 Å². The smallest absolute Gasteiger partial charge is 0.116 e. The number of aliphatic hydroxyl groups excluding tert-OH is 1. The second kappa shape index (κ2) is 12.9. The lowest BCUT2D eigenvalue weighted by atomic mass is 9.64. The van der Waals surface area contributed by atoms with Crippen LogP contribution in [0.5, 0.6) is 17.2 Å². The van der Waals surface area contributed by atoms with Crippen LogP contribution < -0.4 is 0 Å². The summed E-state index contributed by atoms with van der Waals surface area (Å²) >= 11 is 0. The highest BCUT2D eigenvalue weighted by Gasteiger charge is 2.49. The molecule has 3 aliphatic heterocycles. The first-order valence-electron chi connectivity index (χ1n) is 18.8. The number of fused-ring (bicyclic) bond motifs is 8. The SMILES string of the molecule is CC1(C)c2[nH]c(c(C3C=C(O)C=CC3)c3nc(c(-c4cccc(O)c4)c4ccc([nH]4)c(-c4cccc(O)c4)c4nc(c2-c2cccc(O)c2)C=C4)C=C3)C1(C)C. The predicted octanol–water partition coefficient (Wildman–Crippen LogP) is 11.2. The molecule has 8 heteroatoms. The molecule has 0 fully saturated rings. The van der Waals surface area contributed by atoms with E-state index in [1.807, 2.05) is 85.0 Å². The molecule has 278 valence electrons. The zero-order valence-corrected chi connectivity index (χ0v) is 31.6. The molecule has 3 aromatic carbocycles. The number of phenolic OH excluding ortho intramolecular Hbond substituents is 3. The number of aliphatic hydroxyl groups is 1. The first-order chi connectivity index (χ1) is 26.9. The van der Waals surface area contributed by atoms with E-state index < -0.39 is 10.8 Å². The van der Waals surface area contributed by atoms with Gasteiger partial charge in [0.2, 0.25) is 0 Å². The molecular formula is C48H42N4O4. The number of aromatic nitrogens is 4. The zero-order chi connectivity index (χ0) is 38.9. The minimum Gasteiger partial charge on any atom is -0.508 e. The van der Waals surface area contributed by atoms with Crippen LogP contribution in [0.1, 0.15) is 79.8 Å². The van der Waals surface area contributed by atoms with Gasteiger partial charge in [-0.25, -0.2) is 9.97 Å². The summed E-state index contributed by atoms with van der Waals surface area (Å²) in [5.74, 6) is 0.438. The quantitative estimate of drug-likeness (QED) is 0.106. The lowest BCUT2D eigenvalue weighted by Crippen LogP contribution is -2.37. The van der Waals surface area contributed by atoms with Crippen molar-refractivity contribution in [3.05, 3.63) is 149 Å². The van der Waals surface area contributed by atoms with Crippen LogP contribution in [0.2, 0.25) is 0 Å². The number of H-pyrrole nitrogens is 2. The van der Waals surface area contributed by atoms with E-state index >= 15 is 0 Å². The molecule has 6 N–H and O–H groups in total. The lowest BCUT2D eigenvalue weighted by molar-refractivity contribution is 0.320. The highest BCUT2D eigenvalue weighted by atomic mass is 16.3. The van der Waals surface area contributed by atoms with Crippen molar-refractivity contribution in [2.45, 2.75) is 50.9 Å². The molecule has 2 aromatic heterocycles. The summed E-state index contributed by atoms with van der Waals surface area (Å²) in [6, 6.07) is 25.6. The van der Waals surface area contributed by atoms with Crippen LogP contribution in [0.25, 0.3) is 68.7 Å². The third-order valence-electron chi connectivity index (χ3n) is 12.0. The monoisotopic (exact) mass is 738 g/mol. The Labute approximate surface area is 324 Å². The van der Waals surface area contributed by atoms with Gasteiger partial charge in [0.15, 0.2) is 0 Å². The van der Waals surface area contributed by atoms with Gasteiger partial charge in [-0.2, -0.15) is 0 Å². The highest BCUT2D eigenvalue weighted by Crippen LogP contribution is 2.53. The standard InChI is InChI=1S/C48H42N4O4/c1-47(2)45-43(29-11-7-15-33(55)25-29)39-21-19-37(50-39)41(27-9-5-13-31(53)23-27)35-17-18-36(49-35)42(28-10-6-14-32(54)24-28)38-20-22-40(51-38)44(46(52-45)48(47,3)4)30-12-8-16-34(56)26-30/h5-11,13-26,30,49,52-56H,12H2,1-4H3. The number of rotatable bonds is 4. The molecular weight excluding hydrogens is 697 g/mol. The zero-order valence-electron chi connectivity index (χ0n) is 31.6. The van der Waals surface area contributed by atoms with Crippen molar-refractivity contribution >= 4 is 35.3 Å². The number of aromatic amines is 2. The summed E-state index contributed by atoms with van der Waals surface area (Å²) in [6.07, 6.45) is 14.4. The van der Waals surface area contributed by atoms with Crippen molar-refractivity contribution < 1.29 is 20.4 Å². The largest absolute Gasteiger partial charge is 0.508 e. The van der Waals surface area contributed by atoms with Crippen molar-refractivity contribution in [1.29, 1.82) is 0 Å². The third-order valence-corrected chi connectivity index (χ3v) is 12.0. The van der Waals surface area contributed by atoms with Crippen molar-refractivity contribution in [1.82, 2.24) is 19.9 Å². The minimum absolute atomic E-state index is 0.134. The van der Waals surface area contributed by atoms with Crippen molar-refractivity contribution in [3.63, 3.8) is 0 Å². The summed E-state index contributed by atoms with van der Waals surface area (Å²) in [5.41, 5.74) is 11.2. The number of nitrogens with one attached hydrogen (secondary N) is 2. The second-order valence-electron chi connectivity index (χ2n) is 15.9. The molecule has 8 nitrogen and oxygen atoms in total. The average molecular weight is 739 g/mol. The number of aromatic hydroxyl groups is 3. The number of nitrogens with zero attached hydrogens (tertiary/aromatic N) is 2. The fraction of sp³-hybridized carbons (Fsp3) is 0.167. The average Bonchev–Trinajstić information content (AvgIpc) is 3.96. The van der Waals surface area contributed by atoms with Crippen molar-refractivity contribution in [3.8, 4) is 50.6 Å². The Kier molecular flexibility index (Phi) is 8.05. The summed E-state index contributed by atoms with van der Waals surface area (Å²) in [6.45, 7) is 8.95. The lowest BCUT2D eigenvalue weighted by Gasteiger charge is -2.37. The Hall–Kier alpha value is -6.80. The van der Waals surface area contributed by atoms with Crippen LogP contribution in [0, 0.1) is 0 Å². The molecule has 0 radical (unpaired) electrons. The van der Waals surface area contributed by atoms with Crippen LogP contribution in [0.3, 0.4) is 0 Å². The maximum absolute atomic E-state index is 10.9. The van der Waals surface area contributed by atoms with Gasteiger partial charge >= 0.3 is 0 Å². The topological polar surface area (TPSA) is 138 Å². The molecule has 1 atom stereocenters. The maximum Gasteiger partial charge on any atom is 0.116 e. The van der Waals surface area contributed by atoms with Gasteiger partial charge < -0.3 is 30.4 Å². The Morgan fingerprint density at radius 2 is 1.00 bits per heavy atom. The molecule has 0 spiro atoms. The predicted molar refractivity (Wildman–Crippen MR) is 225 cm³/mol. The van der Waals surface area contributed by atoms with E-state index in [-0.39, 0.29) is 28.9 Å². The Bertz CT molecular complexity index is 2790. The molecule has 0 saturated carbocycles. The number of benzene rings is 3. The maximum atomic E-state index is 10.9. The van der Waals surface area contributed by atoms with Crippen LogP contribution >= 0.6 is 0 Å². The summed E-state index contributed by atoms with van der Waals surface area (Å²) < 4.78 is 0. The van der Waals surface area contributed by atoms with Crippen LogP contribution in [-0.2, 0) is 10.8 Å². The van der Waals surface area contributed by atoms with Crippen LogP contribution in [0.15, 0.2) is 109 Å². The van der Waals surface area contributed by atoms with E-state index in [0.29, 0.717) is 17.8 Å². The van der Waals surface area contributed by atoms with Gasteiger partial charge in [-0.1, -0.05) is 70.2 Å². The number of phenols is 3. The van der Waals surface area contributed by atoms with E-state index in [1.54, 1.807) is 42.5 Å². The van der Waals surface area contributed by atoms with Crippen molar-refractivity contribution in [2.24, 2.45) is 0 Å². The Morgan fingerprint density at radius 3 is 1.52 bits per heavy atom. The first kappa shape index (κ1) is 34.9. The molecule has 0 saturated heterocycles. The minimum atomic E-state index is -0.502. The van der Waals surface area contributed by atoms with Gasteiger partial charge in [0.1, 0.15) is 23.0 Å². The van der Waals surface area contributed by atoms with Gasteiger partial charge in [-0.15, -0.1) is 0 Å². The summed E-state index contributed by atoms with van der Waals surface area (Å²) in [5, 5.41) is 43.0. The number of allylic oxidation sites excluding steroid dienone is 3. The van der Waals surface area contributed by atoms with Crippen LogP contribution in [0.4, 0.5) is 0 Å². The fourth-order valence-electron chi connectivity index (χ4n) is 8.48. The van der Waals surface area contributed by atoms with E-state index in [0.717, 1.165) is 72.8 Å². The van der Waals surface area contributed by atoms with Gasteiger partial charge in [-0.05, 0) is 108 Å². The molecule has 0 amide bonds. The number of hydrogen-bond acceptors (Lipinski definition) is 6. The molecule has 5 heterocycles. The van der Waals surface area contributed by atoms with E-state index in [9.17, 15) is 20.4 Å².